The van der Waals surface area contributed by atoms with E-state index in [4.69, 9.17) is 5.73 Å². The Kier molecular flexibility index (Phi) is 3.67. The zero-order valence-corrected chi connectivity index (χ0v) is 11.7. The SMILES string of the molecule is CS(=O)(=O)Nc1ccccc1N1CC(C(N)=O)CC1=O. The lowest BCUT2D eigenvalue weighted by Crippen LogP contribution is -2.29. The Morgan fingerprint density at radius 1 is 1.40 bits per heavy atom. The molecule has 1 fully saturated rings. The van der Waals surface area contributed by atoms with Crippen molar-refractivity contribution in [3.8, 4) is 0 Å². The van der Waals surface area contributed by atoms with Crippen LogP contribution in [0, 0.1) is 5.92 Å². The standard InChI is InChI=1S/C12H15N3O4S/c1-20(18,19)14-9-4-2-3-5-10(9)15-7-8(12(13)17)6-11(15)16/h2-5,8,14H,6-7H2,1H3,(H2,13,17). The Balaban J connectivity index is 2.34. The van der Waals surface area contributed by atoms with E-state index in [0.29, 0.717) is 11.4 Å². The molecular weight excluding hydrogens is 282 g/mol. The van der Waals surface area contributed by atoms with Crippen molar-refractivity contribution in [3.05, 3.63) is 24.3 Å². The number of anilines is 2. The van der Waals surface area contributed by atoms with Crippen LogP contribution in [0.4, 0.5) is 11.4 Å². The van der Waals surface area contributed by atoms with E-state index in [2.05, 4.69) is 4.72 Å². The van der Waals surface area contributed by atoms with Crippen LogP contribution in [0.3, 0.4) is 0 Å². The molecule has 0 bridgehead atoms. The third-order valence-electron chi connectivity index (χ3n) is 3.02. The van der Waals surface area contributed by atoms with Crippen molar-refractivity contribution in [2.24, 2.45) is 11.7 Å². The third-order valence-corrected chi connectivity index (χ3v) is 3.61. The van der Waals surface area contributed by atoms with Crippen LogP contribution in [-0.2, 0) is 19.6 Å². The summed E-state index contributed by atoms with van der Waals surface area (Å²) in [6, 6.07) is 6.52. The number of carbonyl (C=O) groups is 2. The Morgan fingerprint density at radius 2 is 2.05 bits per heavy atom. The molecule has 1 heterocycles. The van der Waals surface area contributed by atoms with Crippen LogP contribution in [0.2, 0.25) is 0 Å². The van der Waals surface area contributed by atoms with Gasteiger partial charge in [0.05, 0.1) is 23.5 Å². The van der Waals surface area contributed by atoms with Gasteiger partial charge < -0.3 is 10.6 Å². The number of rotatable bonds is 4. The molecular formula is C12H15N3O4S. The summed E-state index contributed by atoms with van der Waals surface area (Å²) in [5, 5.41) is 0. The van der Waals surface area contributed by atoms with Crippen LogP contribution >= 0.6 is 0 Å². The second-order valence-electron chi connectivity index (χ2n) is 4.70. The summed E-state index contributed by atoms with van der Waals surface area (Å²) < 4.78 is 25.0. The number of para-hydroxylation sites is 2. The molecule has 1 unspecified atom stereocenters. The van der Waals surface area contributed by atoms with E-state index in [1.54, 1.807) is 24.3 Å². The van der Waals surface area contributed by atoms with Gasteiger partial charge in [-0.2, -0.15) is 0 Å². The minimum Gasteiger partial charge on any atom is -0.369 e. The number of hydrogen-bond donors (Lipinski definition) is 2. The lowest BCUT2D eigenvalue weighted by Gasteiger charge is -2.20. The van der Waals surface area contributed by atoms with Crippen LogP contribution in [0.25, 0.3) is 0 Å². The fourth-order valence-corrected chi connectivity index (χ4v) is 2.70. The van der Waals surface area contributed by atoms with Crippen LogP contribution in [0.15, 0.2) is 24.3 Å². The summed E-state index contributed by atoms with van der Waals surface area (Å²) in [5.41, 5.74) is 5.93. The van der Waals surface area contributed by atoms with E-state index in [1.807, 2.05) is 0 Å². The van der Waals surface area contributed by atoms with Crippen molar-refractivity contribution in [1.29, 1.82) is 0 Å². The summed E-state index contributed by atoms with van der Waals surface area (Å²) in [6.45, 7) is 0.163. The highest BCUT2D eigenvalue weighted by Gasteiger charge is 2.34. The molecule has 0 aromatic heterocycles. The van der Waals surface area contributed by atoms with Gasteiger partial charge in [0.25, 0.3) is 0 Å². The Morgan fingerprint density at radius 3 is 2.60 bits per heavy atom. The summed E-state index contributed by atoms with van der Waals surface area (Å²) in [7, 11) is -3.46. The van der Waals surface area contributed by atoms with Gasteiger partial charge >= 0.3 is 0 Å². The number of hydrogen-bond acceptors (Lipinski definition) is 4. The van der Waals surface area contributed by atoms with E-state index >= 15 is 0 Å². The molecule has 1 aromatic rings. The molecule has 1 aliphatic rings. The summed E-state index contributed by atoms with van der Waals surface area (Å²) >= 11 is 0. The Labute approximate surface area is 116 Å². The first-order valence-corrected chi connectivity index (χ1v) is 7.83. The number of primary amides is 1. The van der Waals surface area contributed by atoms with E-state index < -0.39 is 21.8 Å². The second kappa shape index (κ2) is 5.12. The molecule has 1 aromatic carbocycles. The van der Waals surface area contributed by atoms with Gasteiger partial charge in [-0.1, -0.05) is 12.1 Å². The number of carbonyl (C=O) groups excluding carboxylic acids is 2. The molecule has 1 aliphatic heterocycles. The maximum atomic E-state index is 11.9. The maximum Gasteiger partial charge on any atom is 0.229 e. The molecule has 0 saturated carbocycles. The minimum atomic E-state index is -3.46. The zero-order chi connectivity index (χ0) is 14.9. The van der Waals surface area contributed by atoms with Gasteiger partial charge in [-0.3, -0.25) is 14.3 Å². The van der Waals surface area contributed by atoms with Crippen LogP contribution < -0.4 is 15.4 Å². The van der Waals surface area contributed by atoms with Crippen LogP contribution in [0.1, 0.15) is 6.42 Å². The molecule has 0 aliphatic carbocycles. The first kappa shape index (κ1) is 14.3. The fourth-order valence-electron chi connectivity index (χ4n) is 2.13. The quantitative estimate of drug-likeness (QED) is 0.808. The van der Waals surface area contributed by atoms with Crippen LogP contribution in [0.5, 0.6) is 0 Å². The summed E-state index contributed by atoms with van der Waals surface area (Å²) in [5.74, 6) is -1.33. The Hall–Kier alpha value is -2.09. The van der Waals surface area contributed by atoms with Gasteiger partial charge in [-0.25, -0.2) is 8.42 Å². The number of amides is 2. The molecule has 0 radical (unpaired) electrons. The molecule has 3 N–H and O–H groups in total. The molecule has 1 atom stereocenters. The third kappa shape index (κ3) is 3.08. The van der Waals surface area contributed by atoms with Gasteiger partial charge in [0.2, 0.25) is 21.8 Å². The normalized spacial score (nSPS) is 19.1. The largest absolute Gasteiger partial charge is 0.369 e. The highest BCUT2D eigenvalue weighted by Crippen LogP contribution is 2.31. The summed E-state index contributed by atoms with van der Waals surface area (Å²) in [4.78, 5) is 24.5. The maximum absolute atomic E-state index is 11.9. The van der Waals surface area contributed by atoms with Crippen molar-refractivity contribution >= 4 is 33.2 Å². The molecule has 108 valence electrons. The average Bonchev–Trinajstić information content (AvgIpc) is 2.70. The molecule has 1 saturated heterocycles. The highest BCUT2D eigenvalue weighted by atomic mass is 32.2. The van der Waals surface area contributed by atoms with Crippen LogP contribution in [-0.4, -0.2) is 33.0 Å². The average molecular weight is 297 g/mol. The summed E-state index contributed by atoms with van der Waals surface area (Å²) in [6.07, 6.45) is 1.07. The molecule has 8 heteroatoms. The van der Waals surface area contributed by atoms with Crippen molar-refractivity contribution in [3.63, 3.8) is 0 Å². The van der Waals surface area contributed by atoms with E-state index in [-0.39, 0.29) is 18.9 Å². The smallest absolute Gasteiger partial charge is 0.229 e. The molecule has 2 amide bonds. The number of benzene rings is 1. The molecule has 20 heavy (non-hydrogen) atoms. The number of nitrogens with zero attached hydrogens (tertiary/aromatic N) is 1. The van der Waals surface area contributed by atoms with Gasteiger partial charge in [-0.15, -0.1) is 0 Å². The monoisotopic (exact) mass is 297 g/mol. The van der Waals surface area contributed by atoms with Gasteiger partial charge in [0.1, 0.15) is 0 Å². The van der Waals surface area contributed by atoms with Gasteiger partial charge in [0, 0.05) is 13.0 Å². The van der Waals surface area contributed by atoms with E-state index in [0.717, 1.165) is 6.26 Å². The highest BCUT2D eigenvalue weighted by molar-refractivity contribution is 7.92. The zero-order valence-electron chi connectivity index (χ0n) is 10.9. The van der Waals surface area contributed by atoms with E-state index in [9.17, 15) is 18.0 Å². The Bertz CT molecular complexity index is 656. The number of nitrogens with one attached hydrogen (secondary N) is 1. The topological polar surface area (TPSA) is 110 Å². The fraction of sp³-hybridized carbons (Fsp3) is 0.333. The van der Waals surface area contributed by atoms with Crippen molar-refractivity contribution in [2.75, 3.05) is 22.4 Å². The first-order valence-electron chi connectivity index (χ1n) is 5.94. The van der Waals surface area contributed by atoms with Gasteiger partial charge in [-0.05, 0) is 12.1 Å². The van der Waals surface area contributed by atoms with Crippen molar-refractivity contribution in [2.45, 2.75) is 6.42 Å². The van der Waals surface area contributed by atoms with Gasteiger partial charge in [0.15, 0.2) is 0 Å². The first-order chi connectivity index (χ1) is 9.28. The molecule has 7 nitrogen and oxygen atoms in total. The molecule has 2 rings (SSSR count). The lowest BCUT2D eigenvalue weighted by molar-refractivity contribution is -0.123. The second-order valence-corrected chi connectivity index (χ2v) is 6.45. The van der Waals surface area contributed by atoms with Crippen molar-refractivity contribution in [1.82, 2.24) is 0 Å². The van der Waals surface area contributed by atoms with E-state index in [1.165, 1.54) is 4.90 Å². The number of nitrogens with two attached hydrogens (primary N) is 1. The van der Waals surface area contributed by atoms with Crippen molar-refractivity contribution < 1.29 is 18.0 Å². The predicted octanol–water partition coefficient (Wildman–Crippen LogP) is -0.104. The lowest BCUT2D eigenvalue weighted by atomic mass is 10.1. The minimum absolute atomic E-state index is 0.0442. The number of sulfonamides is 1. The molecule has 0 spiro atoms. The predicted molar refractivity (Wildman–Crippen MR) is 74.6 cm³/mol.